The SMILES string of the molecule is CCCC(=O)N[C@H](C)c1ccc(Br)cc1. The summed E-state index contributed by atoms with van der Waals surface area (Å²) in [4.78, 5) is 11.4. The molecule has 0 aliphatic carbocycles. The largest absolute Gasteiger partial charge is 0.350 e. The first kappa shape index (κ1) is 12.2. The predicted molar refractivity (Wildman–Crippen MR) is 65.6 cm³/mol. The Bertz CT molecular complexity index is 321. The van der Waals surface area contributed by atoms with Crippen molar-refractivity contribution in [2.75, 3.05) is 0 Å². The summed E-state index contributed by atoms with van der Waals surface area (Å²) in [5.41, 5.74) is 1.13. The molecule has 0 aliphatic rings. The summed E-state index contributed by atoms with van der Waals surface area (Å²) < 4.78 is 1.05. The van der Waals surface area contributed by atoms with Crippen molar-refractivity contribution in [1.82, 2.24) is 5.32 Å². The summed E-state index contributed by atoms with van der Waals surface area (Å²) in [6, 6.07) is 8.08. The second kappa shape index (κ2) is 5.91. The molecule has 1 atom stereocenters. The molecule has 0 saturated carbocycles. The molecular formula is C12H16BrNO. The highest BCUT2D eigenvalue weighted by Gasteiger charge is 2.07. The average molecular weight is 270 g/mol. The van der Waals surface area contributed by atoms with E-state index in [0.717, 1.165) is 16.5 Å². The summed E-state index contributed by atoms with van der Waals surface area (Å²) in [5.74, 6) is 0.118. The van der Waals surface area contributed by atoms with Gasteiger partial charge in [0.05, 0.1) is 6.04 Å². The van der Waals surface area contributed by atoms with Gasteiger partial charge in [-0.3, -0.25) is 4.79 Å². The van der Waals surface area contributed by atoms with Crippen molar-refractivity contribution in [3.05, 3.63) is 34.3 Å². The lowest BCUT2D eigenvalue weighted by Gasteiger charge is -2.14. The van der Waals surface area contributed by atoms with Crippen LogP contribution in [0.3, 0.4) is 0 Å². The molecule has 0 spiro atoms. The van der Waals surface area contributed by atoms with Crippen molar-refractivity contribution in [3.8, 4) is 0 Å². The lowest BCUT2D eigenvalue weighted by atomic mass is 10.1. The van der Waals surface area contributed by atoms with Crippen LogP contribution in [0.1, 0.15) is 38.3 Å². The van der Waals surface area contributed by atoms with E-state index in [0.29, 0.717) is 6.42 Å². The smallest absolute Gasteiger partial charge is 0.220 e. The summed E-state index contributed by atoms with van der Waals surface area (Å²) >= 11 is 3.38. The van der Waals surface area contributed by atoms with Crippen LogP contribution in [0.4, 0.5) is 0 Å². The lowest BCUT2D eigenvalue weighted by molar-refractivity contribution is -0.121. The molecule has 1 aromatic rings. The van der Waals surface area contributed by atoms with E-state index in [1.165, 1.54) is 0 Å². The van der Waals surface area contributed by atoms with Crippen molar-refractivity contribution in [2.24, 2.45) is 0 Å². The average Bonchev–Trinajstić information content (AvgIpc) is 2.18. The number of nitrogens with one attached hydrogen (secondary N) is 1. The maximum Gasteiger partial charge on any atom is 0.220 e. The van der Waals surface area contributed by atoms with E-state index in [1.54, 1.807) is 0 Å². The Kier molecular flexibility index (Phi) is 4.82. The molecule has 1 N–H and O–H groups in total. The second-order valence-corrected chi connectivity index (χ2v) is 4.51. The van der Waals surface area contributed by atoms with Gasteiger partial charge in [0.25, 0.3) is 0 Å². The fourth-order valence-corrected chi connectivity index (χ4v) is 1.64. The number of hydrogen-bond acceptors (Lipinski definition) is 1. The highest BCUT2D eigenvalue weighted by molar-refractivity contribution is 9.10. The van der Waals surface area contributed by atoms with Gasteiger partial charge in [-0.25, -0.2) is 0 Å². The fraction of sp³-hybridized carbons (Fsp3) is 0.417. The van der Waals surface area contributed by atoms with Crippen LogP contribution in [0.25, 0.3) is 0 Å². The van der Waals surface area contributed by atoms with E-state index in [9.17, 15) is 4.79 Å². The van der Waals surface area contributed by atoms with Gasteiger partial charge in [-0.1, -0.05) is 35.0 Å². The van der Waals surface area contributed by atoms with Crippen LogP contribution in [0.2, 0.25) is 0 Å². The topological polar surface area (TPSA) is 29.1 Å². The summed E-state index contributed by atoms with van der Waals surface area (Å²) in [5, 5.41) is 2.96. The number of benzene rings is 1. The van der Waals surface area contributed by atoms with Gasteiger partial charge in [0.2, 0.25) is 5.91 Å². The minimum Gasteiger partial charge on any atom is -0.350 e. The van der Waals surface area contributed by atoms with Crippen LogP contribution in [0.15, 0.2) is 28.7 Å². The highest BCUT2D eigenvalue weighted by Crippen LogP contribution is 2.16. The number of rotatable bonds is 4. The van der Waals surface area contributed by atoms with Crippen LogP contribution in [0, 0.1) is 0 Å². The molecule has 1 aromatic carbocycles. The van der Waals surface area contributed by atoms with Crippen molar-refractivity contribution in [3.63, 3.8) is 0 Å². The van der Waals surface area contributed by atoms with Gasteiger partial charge in [0.1, 0.15) is 0 Å². The van der Waals surface area contributed by atoms with Crippen LogP contribution in [-0.2, 0) is 4.79 Å². The van der Waals surface area contributed by atoms with Crippen LogP contribution in [-0.4, -0.2) is 5.91 Å². The van der Waals surface area contributed by atoms with E-state index in [2.05, 4.69) is 21.2 Å². The monoisotopic (exact) mass is 269 g/mol. The summed E-state index contributed by atoms with van der Waals surface area (Å²) in [6.45, 7) is 4.00. The molecule has 82 valence electrons. The van der Waals surface area contributed by atoms with Crippen LogP contribution >= 0.6 is 15.9 Å². The second-order valence-electron chi connectivity index (χ2n) is 3.59. The van der Waals surface area contributed by atoms with Crippen LogP contribution in [0.5, 0.6) is 0 Å². The molecule has 0 fully saturated rings. The third-order valence-corrected chi connectivity index (χ3v) is 2.75. The molecular weight excluding hydrogens is 254 g/mol. The lowest BCUT2D eigenvalue weighted by Crippen LogP contribution is -2.26. The number of carbonyl (C=O) groups excluding carboxylic acids is 1. The Morgan fingerprint density at radius 1 is 1.40 bits per heavy atom. The number of halogens is 1. The molecule has 0 aliphatic heterocycles. The van der Waals surface area contributed by atoms with Gasteiger partial charge in [-0.2, -0.15) is 0 Å². The van der Waals surface area contributed by atoms with E-state index in [4.69, 9.17) is 0 Å². The van der Waals surface area contributed by atoms with Crippen molar-refractivity contribution >= 4 is 21.8 Å². The molecule has 15 heavy (non-hydrogen) atoms. The zero-order valence-electron chi connectivity index (χ0n) is 9.09. The van der Waals surface area contributed by atoms with E-state index in [1.807, 2.05) is 38.1 Å². The first-order chi connectivity index (χ1) is 7.13. The Hall–Kier alpha value is -0.830. The molecule has 0 heterocycles. The molecule has 0 saturated heterocycles. The van der Waals surface area contributed by atoms with E-state index in [-0.39, 0.29) is 11.9 Å². The van der Waals surface area contributed by atoms with E-state index < -0.39 is 0 Å². The van der Waals surface area contributed by atoms with E-state index >= 15 is 0 Å². The van der Waals surface area contributed by atoms with Gasteiger partial charge in [-0.05, 0) is 31.0 Å². The van der Waals surface area contributed by atoms with Gasteiger partial charge in [-0.15, -0.1) is 0 Å². The predicted octanol–water partition coefficient (Wildman–Crippen LogP) is 3.43. The summed E-state index contributed by atoms with van der Waals surface area (Å²) in [6.07, 6.45) is 1.49. The van der Waals surface area contributed by atoms with Crippen LogP contribution < -0.4 is 5.32 Å². The molecule has 0 aromatic heterocycles. The molecule has 2 nitrogen and oxygen atoms in total. The molecule has 1 rings (SSSR count). The normalized spacial score (nSPS) is 12.2. The zero-order chi connectivity index (χ0) is 11.3. The molecule has 0 unspecified atom stereocenters. The minimum atomic E-state index is 0.0807. The Morgan fingerprint density at radius 2 is 2.00 bits per heavy atom. The quantitative estimate of drug-likeness (QED) is 0.892. The Labute approximate surface area is 99.2 Å². The summed E-state index contributed by atoms with van der Waals surface area (Å²) in [7, 11) is 0. The third-order valence-electron chi connectivity index (χ3n) is 2.22. The first-order valence-electron chi connectivity index (χ1n) is 5.18. The fourth-order valence-electron chi connectivity index (χ4n) is 1.38. The Balaban J connectivity index is 2.57. The first-order valence-corrected chi connectivity index (χ1v) is 5.97. The molecule has 1 amide bonds. The van der Waals surface area contributed by atoms with Crippen molar-refractivity contribution in [2.45, 2.75) is 32.7 Å². The number of amides is 1. The van der Waals surface area contributed by atoms with Crippen molar-refractivity contribution in [1.29, 1.82) is 0 Å². The number of carbonyl (C=O) groups is 1. The van der Waals surface area contributed by atoms with Crippen molar-refractivity contribution < 1.29 is 4.79 Å². The van der Waals surface area contributed by atoms with Gasteiger partial charge in [0, 0.05) is 10.9 Å². The third kappa shape index (κ3) is 4.04. The van der Waals surface area contributed by atoms with Gasteiger partial charge < -0.3 is 5.32 Å². The maximum absolute atomic E-state index is 11.4. The van der Waals surface area contributed by atoms with Gasteiger partial charge >= 0.3 is 0 Å². The highest BCUT2D eigenvalue weighted by atomic mass is 79.9. The maximum atomic E-state index is 11.4. The number of hydrogen-bond donors (Lipinski definition) is 1. The minimum absolute atomic E-state index is 0.0807. The molecule has 0 bridgehead atoms. The standard InChI is InChI=1S/C12H16BrNO/c1-3-4-12(15)14-9(2)10-5-7-11(13)8-6-10/h5-9H,3-4H2,1-2H3,(H,14,15)/t9-/m1/s1. The molecule has 3 heteroatoms. The zero-order valence-corrected chi connectivity index (χ0v) is 10.7. The Morgan fingerprint density at radius 3 is 2.53 bits per heavy atom. The molecule has 0 radical (unpaired) electrons. The van der Waals surface area contributed by atoms with Gasteiger partial charge in [0.15, 0.2) is 0 Å².